The number of hydrogen-bond donors (Lipinski definition) is 2. The average Bonchev–Trinajstić information content (AvgIpc) is 2.27. The lowest BCUT2D eigenvalue weighted by molar-refractivity contribution is -0.136. The summed E-state index contributed by atoms with van der Waals surface area (Å²) in [6.07, 6.45) is -0.0984. The van der Waals surface area contributed by atoms with Gasteiger partial charge in [0.25, 0.3) is 5.91 Å². The van der Waals surface area contributed by atoms with Gasteiger partial charge in [-0.15, -0.1) is 0 Å². The summed E-state index contributed by atoms with van der Waals surface area (Å²) in [5.74, 6) is -0.740. The highest BCUT2D eigenvalue weighted by Gasteiger charge is 2.14. The first-order valence-corrected chi connectivity index (χ1v) is 5.61. The van der Waals surface area contributed by atoms with Crippen molar-refractivity contribution < 1.29 is 19.4 Å². The maximum atomic E-state index is 11.9. The van der Waals surface area contributed by atoms with E-state index in [0.29, 0.717) is 11.3 Å². The molecule has 0 saturated heterocycles. The Bertz CT molecular complexity index is 468. The summed E-state index contributed by atoms with van der Waals surface area (Å²) in [4.78, 5) is 22.3. The van der Waals surface area contributed by atoms with Crippen LogP contribution in [0.5, 0.6) is 5.75 Å². The van der Waals surface area contributed by atoms with Crippen LogP contribution in [0.1, 0.15) is 27.9 Å². The number of carboxylic acids is 1. The number of aryl methyl sites for hydroxylation is 2. The molecule has 0 aliphatic rings. The van der Waals surface area contributed by atoms with Crippen LogP contribution in [0.2, 0.25) is 0 Å². The fourth-order valence-electron chi connectivity index (χ4n) is 1.77. The topological polar surface area (TPSA) is 75.6 Å². The van der Waals surface area contributed by atoms with Crippen LogP contribution < -0.4 is 10.1 Å². The fourth-order valence-corrected chi connectivity index (χ4v) is 1.77. The molecular formula is C13H17NO4. The van der Waals surface area contributed by atoms with Crippen LogP contribution in [0.15, 0.2) is 12.1 Å². The van der Waals surface area contributed by atoms with Crippen molar-refractivity contribution in [2.45, 2.75) is 20.3 Å². The third-order valence-electron chi connectivity index (χ3n) is 2.49. The molecule has 0 spiro atoms. The number of hydrogen-bond acceptors (Lipinski definition) is 3. The summed E-state index contributed by atoms with van der Waals surface area (Å²) >= 11 is 0. The highest BCUT2D eigenvalue weighted by Crippen LogP contribution is 2.24. The smallest absolute Gasteiger partial charge is 0.305 e. The van der Waals surface area contributed by atoms with Crippen molar-refractivity contribution in [2.75, 3.05) is 13.7 Å². The quantitative estimate of drug-likeness (QED) is 0.831. The molecule has 0 radical (unpaired) electrons. The van der Waals surface area contributed by atoms with Gasteiger partial charge in [0, 0.05) is 6.54 Å². The first-order valence-electron chi connectivity index (χ1n) is 5.61. The van der Waals surface area contributed by atoms with E-state index in [2.05, 4.69) is 5.32 Å². The third-order valence-corrected chi connectivity index (χ3v) is 2.49. The molecule has 98 valence electrons. The Hall–Kier alpha value is -2.04. The molecule has 0 unspecified atom stereocenters. The van der Waals surface area contributed by atoms with Gasteiger partial charge in [0.15, 0.2) is 0 Å². The minimum Gasteiger partial charge on any atom is -0.496 e. The Kier molecular flexibility index (Phi) is 4.71. The van der Waals surface area contributed by atoms with E-state index in [9.17, 15) is 9.59 Å². The van der Waals surface area contributed by atoms with Gasteiger partial charge in [-0.2, -0.15) is 0 Å². The molecule has 1 amide bonds. The highest BCUT2D eigenvalue weighted by molar-refractivity contribution is 5.97. The van der Waals surface area contributed by atoms with E-state index in [1.165, 1.54) is 7.11 Å². The number of aliphatic carboxylic acids is 1. The molecule has 2 N–H and O–H groups in total. The number of methoxy groups -OCH3 is 1. The monoisotopic (exact) mass is 251 g/mol. The molecule has 1 aromatic rings. The summed E-state index contributed by atoms with van der Waals surface area (Å²) in [6.45, 7) is 3.85. The predicted octanol–water partition coefficient (Wildman–Crippen LogP) is 1.52. The molecule has 0 fully saturated rings. The summed E-state index contributed by atoms with van der Waals surface area (Å²) in [5.41, 5.74) is 2.26. The Morgan fingerprint density at radius 3 is 2.56 bits per heavy atom. The predicted molar refractivity (Wildman–Crippen MR) is 67.1 cm³/mol. The van der Waals surface area contributed by atoms with Crippen LogP contribution in [-0.2, 0) is 4.79 Å². The second kappa shape index (κ2) is 6.05. The van der Waals surface area contributed by atoms with Crippen LogP contribution in [0.25, 0.3) is 0 Å². The lowest BCUT2D eigenvalue weighted by Gasteiger charge is -2.12. The van der Waals surface area contributed by atoms with Crippen molar-refractivity contribution in [1.82, 2.24) is 5.32 Å². The molecule has 1 aromatic carbocycles. The lowest BCUT2D eigenvalue weighted by Crippen LogP contribution is -2.26. The van der Waals surface area contributed by atoms with E-state index < -0.39 is 5.97 Å². The van der Waals surface area contributed by atoms with E-state index in [-0.39, 0.29) is 18.9 Å². The first kappa shape index (κ1) is 14.0. The van der Waals surface area contributed by atoms with Crippen LogP contribution in [-0.4, -0.2) is 30.6 Å². The molecule has 0 aromatic heterocycles. The summed E-state index contributed by atoms with van der Waals surface area (Å²) in [6, 6.07) is 3.65. The molecule has 0 bridgehead atoms. The molecule has 1 rings (SSSR count). The number of benzene rings is 1. The molecule has 5 heteroatoms. The highest BCUT2D eigenvalue weighted by atomic mass is 16.5. The SMILES string of the molecule is COc1c(C)cc(C)cc1C(=O)NCCC(=O)O. The van der Waals surface area contributed by atoms with Gasteiger partial charge in [0.2, 0.25) is 0 Å². The maximum Gasteiger partial charge on any atom is 0.305 e. The van der Waals surface area contributed by atoms with E-state index in [0.717, 1.165) is 11.1 Å². The van der Waals surface area contributed by atoms with Crippen molar-refractivity contribution >= 4 is 11.9 Å². The Labute approximate surface area is 106 Å². The van der Waals surface area contributed by atoms with Crippen molar-refractivity contribution in [3.05, 3.63) is 28.8 Å². The van der Waals surface area contributed by atoms with Gasteiger partial charge in [0.05, 0.1) is 19.1 Å². The molecule has 5 nitrogen and oxygen atoms in total. The van der Waals surface area contributed by atoms with Gasteiger partial charge in [0.1, 0.15) is 5.75 Å². The molecule has 0 atom stereocenters. The second-order valence-electron chi connectivity index (χ2n) is 4.06. The summed E-state index contributed by atoms with van der Waals surface area (Å²) in [7, 11) is 1.51. The number of ether oxygens (including phenoxy) is 1. The maximum absolute atomic E-state index is 11.9. The largest absolute Gasteiger partial charge is 0.496 e. The van der Waals surface area contributed by atoms with E-state index >= 15 is 0 Å². The first-order chi connectivity index (χ1) is 8.45. The standard InChI is InChI=1S/C13H17NO4/c1-8-6-9(2)12(18-3)10(7-8)13(17)14-5-4-11(15)16/h6-7H,4-5H2,1-3H3,(H,14,17)(H,15,16). The Morgan fingerprint density at radius 2 is 2.00 bits per heavy atom. The van der Waals surface area contributed by atoms with Crippen LogP contribution in [0.3, 0.4) is 0 Å². The zero-order chi connectivity index (χ0) is 13.7. The molecular weight excluding hydrogens is 234 g/mol. The van der Waals surface area contributed by atoms with Crippen molar-refractivity contribution in [3.63, 3.8) is 0 Å². The number of carboxylic acid groups (broad SMARTS) is 1. The zero-order valence-corrected chi connectivity index (χ0v) is 10.7. The minimum absolute atomic E-state index is 0.0984. The molecule has 0 aliphatic carbocycles. The van der Waals surface area contributed by atoms with Gasteiger partial charge in [-0.3, -0.25) is 9.59 Å². The van der Waals surface area contributed by atoms with E-state index in [1.54, 1.807) is 6.07 Å². The Morgan fingerprint density at radius 1 is 1.33 bits per heavy atom. The molecule has 18 heavy (non-hydrogen) atoms. The van der Waals surface area contributed by atoms with Gasteiger partial charge >= 0.3 is 5.97 Å². The number of amides is 1. The molecule has 0 heterocycles. The number of rotatable bonds is 5. The van der Waals surface area contributed by atoms with Crippen molar-refractivity contribution in [2.24, 2.45) is 0 Å². The van der Waals surface area contributed by atoms with E-state index in [1.807, 2.05) is 19.9 Å². The lowest BCUT2D eigenvalue weighted by atomic mass is 10.0. The van der Waals surface area contributed by atoms with Gasteiger partial charge in [-0.1, -0.05) is 6.07 Å². The van der Waals surface area contributed by atoms with Gasteiger partial charge < -0.3 is 15.2 Å². The van der Waals surface area contributed by atoms with Crippen LogP contribution in [0, 0.1) is 13.8 Å². The molecule has 0 saturated carbocycles. The van der Waals surface area contributed by atoms with Gasteiger partial charge in [-0.25, -0.2) is 0 Å². The molecule has 0 aliphatic heterocycles. The average molecular weight is 251 g/mol. The second-order valence-corrected chi connectivity index (χ2v) is 4.06. The minimum atomic E-state index is -0.942. The number of nitrogens with one attached hydrogen (secondary N) is 1. The zero-order valence-electron chi connectivity index (χ0n) is 10.7. The van der Waals surface area contributed by atoms with Crippen LogP contribution >= 0.6 is 0 Å². The fraction of sp³-hybridized carbons (Fsp3) is 0.385. The van der Waals surface area contributed by atoms with Gasteiger partial charge in [-0.05, 0) is 31.0 Å². The normalized spacial score (nSPS) is 9.94. The van der Waals surface area contributed by atoms with Crippen molar-refractivity contribution in [3.8, 4) is 5.75 Å². The number of carbonyl (C=O) groups is 2. The van der Waals surface area contributed by atoms with E-state index in [4.69, 9.17) is 9.84 Å². The Balaban J connectivity index is 2.87. The third kappa shape index (κ3) is 3.48. The van der Waals surface area contributed by atoms with Crippen molar-refractivity contribution in [1.29, 1.82) is 0 Å². The summed E-state index contributed by atoms with van der Waals surface area (Å²) in [5, 5.41) is 11.1. The van der Waals surface area contributed by atoms with Crippen LogP contribution in [0.4, 0.5) is 0 Å². The summed E-state index contributed by atoms with van der Waals surface area (Å²) < 4.78 is 5.20. The number of carbonyl (C=O) groups excluding carboxylic acids is 1.